The average molecular weight is 477 g/mol. The fraction of sp³-hybridized carbons (Fsp3) is 0.304. The topological polar surface area (TPSA) is 98.2 Å². The Morgan fingerprint density at radius 1 is 1.00 bits per heavy atom. The van der Waals surface area contributed by atoms with E-state index in [1.54, 1.807) is 0 Å². The van der Waals surface area contributed by atoms with Gasteiger partial charge in [-0.2, -0.15) is 0 Å². The number of aliphatic carboxylic acids is 2. The summed E-state index contributed by atoms with van der Waals surface area (Å²) in [5.41, 5.74) is 2.31. The summed E-state index contributed by atoms with van der Waals surface area (Å²) in [6.45, 7) is 4.19. The van der Waals surface area contributed by atoms with Crippen molar-refractivity contribution in [1.82, 2.24) is 9.80 Å². The van der Waals surface area contributed by atoms with Crippen molar-refractivity contribution in [3.63, 3.8) is 0 Å². The lowest BCUT2D eigenvalue weighted by Crippen LogP contribution is -2.46. The van der Waals surface area contributed by atoms with E-state index in [4.69, 9.17) is 21.8 Å². The number of carboxylic acid groups (broad SMARTS) is 2. The molecule has 1 fully saturated rings. The van der Waals surface area contributed by atoms with Crippen LogP contribution in [0.1, 0.15) is 17.2 Å². The SMILES string of the molecule is CN1CCN(C2Cc3ccccc3S(=O)c3ccc(Cl)cc32)CC1.O=C(O)/C=C\C(=O)O. The van der Waals surface area contributed by atoms with E-state index in [9.17, 15) is 13.8 Å². The normalized spacial score (nSPS) is 21.1. The van der Waals surface area contributed by atoms with Crippen molar-refractivity contribution in [3.8, 4) is 0 Å². The molecule has 0 radical (unpaired) electrons. The predicted molar refractivity (Wildman–Crippen MR) is 122 cm³/mol. The van der Waals surface area contributed by atoms with Gasteiger partial charge < -0.3 is 15.1 Å². The third-order valence-electron chi connectivity index (χ3n) is 5.46. The number of rotatable bonds is 3. The maximum atomic E-state index is 13.2. The van der Waals surface area contributed by atoms with Gasteiger partial charge in [-0.3, -0.25) is 4.90 Å². The summed E-state index contributed by atoms with van der Waals surface area (Å²) in [5, 5.41) is 16.3. The quantitative estimate of drug-likeness (QED) is 0.657. The van der Waals surface area contributed by atoms with Crippen LogP contribution >= 0.6 is 11.6 Å². The zero-order chi connectivity index (χ0) is 23.3. The number of fused-ring (bicyclic) bond motifs is 2. The summed E-state index contributed by atoms with van der Waals surface area (Å²) >= 11 is 6.29. The molecule has 2 heterocycles. The molecule has 2 aromatic rings. The largest absolute Gasteiger partial charge is 0.478 e. The van der Waals surface area contributed by atoms with Crippen LogP contribution in [0.4, 0.5) is 0 Å². The highest BCUT2D eigenvalue weighted by Crippen LogP contribution is 2.38. The third-order valence-corrected chi connectivity index (χ3v) is 7.27. The molecule has 0 amide bonds. The van der Waals surface area contributed by atoms with E-state index in [0.717, 1.165) is 53.0 Å². The number of piperazine rings is 1. The minimum absolute atomic E-state index is 0.236. The maximum absolute atomic E-state index is 13.2. The highest BCUT2D eigenvalue weighted by atomic mass is 35.5. The Labute approximate surface area is 194 Å². The first kappa shape index (κ1) is 24.1. The van der Waals surface area contributed by atoms with Gasteiger partial charge >= 0.3 is 11.9 Å². The van der Waals surface area contributed by atoms with Crippen LogP contribution in [0.5, 0.6) is 0 Å². The van der Waals surface area contributed by atoms with Crippen LogP contribution in [-0.2, 0) is 26.8 Å². The van der Waals surface area contributed by atoms with E-state index in [2.05, 4.69) is 22.9 Å². The number of nitrogens with zero attached hydrogens (tertiary/aromatic N) is 2. The molecule has 2 aliphatic rings. The number of hydrogen-bond donors (Lipinski definition) is 2. The van der Waals surface area contributed by atoms with Gasteiger partial charge in [-0.1, -0.05) is 29.8 Å². The summed E-state index contributed by atoms with van der Waals surface area (Å²) in [6, 6.07) is 14.2. The Morgan fingerprint density at radius 2 is 1.62 bits per heavy atom. The minimum Gasteiger partial charge on any atom is -0.478 e. The van der Waals surface area contributed by atoms with E-state index < -0.39 is 22.7 Å². The van der Waals surface area contributed by atoms with Gasteiger partial charge in [0.2, 0.25) is 0 Å². The van der Waals surface area contributed by atoms with Gasteiger partial charge in [0, 0.05) is 59.2 Å². The standard InChI is InChI=1S/C19H21ClN2OS.C4H4O4/c1-21-8-10-22(11-9-21)17-12-14-4-2-3-5-18(14)24(23)19-7-6-15(20)13-16(17)19;5-3(6)1-2-4(7)8/h2-7,13,17H,8-12H2,1H3;1-2H,(H,5,6)(H,7,8)/b;2-1-. The molecule has 0 spiro atoms. The molecule has 0 bridgehead atoms. The van der Waals surface area contributed by atoms with E-state index >= 15 is 0 Å². The number of benzene rings is 2. The van der Waals surface area contributed by atoms with E-state index in [1.807, 2.05) is 36.4 Å². The number of halogens is 1. The van der Waals surface area contributed by atoms with E-state index in [0.29, 0.717) is 12.2 Å². The van der Waals surface area contributed by atoms with Crippen molar-refractivity contribution in [3.05, 3.63) is 70.8 Å². The first-order chi connectivity index (χ1) is 15.3. The van der Waals surface area contributed by atoms with Gasteiger partial charge in [-0.05, 0) is 48.9 Å². The van der Waals surface area contributed by atoms with Crippen molar-refractivity contribution in [2.45, 2.75) is 22.3 Å². The Balaban J connectivity index is 0.000000312. The Morgan fingerprint density at radius 3 is 2.25 bits per heavy atom. The molecule has 0 aromatic heterocycles. The van der Waals surface area contributed by atoms with Gasteiger partial charge in [-0.25, -0.2) is 13.8 Å². The second kappa shape index (κ2) is 10.9. The molecule has 170 valence electrons. The molecule has 7 nitrogen and oxygen atoms in total. The van der Waals surface area contributed by atoms with Crippen LogP contribution in [0.2, 0.25) is 5.02 Å². The summed E-state index contributed by atoms with van der Waals surface area (Å²) in [7, 11) is 1.02. The molecule has 1 saturated heterocycles. The minimum atomic E-state index is -1.26. The average Bonchev–Trinajstić information content (AvgIpc) is 2.88. The molecule has 9 heteroatoms. The third kappa shape index (κ3) is 6.04. The lowest BCUT2D eigenvalue weighted by Gasteiger charge is -2.38. The Bertz CT molecular complexity index is 1030. The lowest BCUT2D eigenvalue weighted by atomic mass is 9.96. The molecule has 2 aromatic carbocycles. The summed E-state index contributed by atoms with van der Waals surface area (Å²) in [5.74, 6) is -2.51. The van der Waals surface area contributed by atoms with Crippen LogP contribution < -0.4 is 0 Å². The van der Waals surface area contributed by atoms with Gasteiger partial charge in [0.15, 0.2) is 0 Å². The number of carboxylic acids is 2. The van der Waals surface area contributed by atoms with Gasteiger partial charge in [-0.15, -0.1) is 0 Å². The zero-order valence-corrected chi connectivity index (χ0v) is 19.2. The summed E-state index contributed by atoms with van der Waals surface area (Å²) in [6.07, 6.45) is 2.00. The number of hydrogen-bond acceptors (Lipinski definition) is 5. The number of likely N-dealkylation sites (N-methyl/N-ethyl adjacent to an activating group) is 1. The van der Waals surface area contributed by atoms with Crippen molar-refractivity contribution in [2.75, 3.05) is 33.2 Å². The molecule has 2 aliphatic heterocycles. The van der Waals surface area contributed by atoms with Crippen molar-refractivity contribution in [1.29, 1.82) is 0 Å². The van der Waals surface area contributed by atoms with Crippen LogP contribution in [0.25, 0.3) is 0 Å². The van der Waals surface area contributed by atoms with Crippen molar-refractivity contribution < 1.29 is 24.0 Å². The molecule has 0 saturated carbocycles. The Kier molecular flexibility index (Phi) is 8.20. The predicted octanol–water partition coefficient (Wildman–Crippen LogP) is 3.06. The van der Waals surface area contributed by atoms with Gasteiger partial charge in [0.25, 0.3) is 0 Å². The summed E-state index contributed by atoms with van der Waals surface area (Å²) < 4.78 is 13.2. The monoisotopic (exact) mass is 476 g/mol. The molecule has 4 rings (SSSR count). The van der Waals surface area contributed by atoms with Crippen LogP contribution in [0.3, 0.4) is 0 Å². The highest BCUT2D eigenvalue weighted by molar-refractivity contribution is 7.85. The summed E-state index contributed by atoms with van der Waals surface area (Å²) in [4.78, 5) is 25.8. The maximum Gasteiger partial charge on any atom is 0.328 e. The van der Waals surface area contributed by atoms with E-state index in [-0.39, 0.29) is 6.04 Å². The van der Waals surface area contributed by atoms with Crippen molar-refractivity contribution in [2.24, 2.45) is 0 Å². The first-order valence-corrected chi connectivity index (χ1v) is 11.6. The highest BCUT2D eigenvalue weighted by Gasteiger charge is 2.31. The molecule has 0 aliphatic carbocycles. The Hall–Kier alpha value is -2.52. The second-order valence-corrected chi connectivity index (χ2v) is 9.48. The van der Waals surface area contributed by atoms with E-state index in [1.165, 1.54) is 5.56 Å². The smallest absolute Gasteiger partial charge is 0.328 e. The van der Waals surface area contributed by atoms with Crippen molar-refractivity contribution >= 4 is 34.3 Å². The van der Waals surface area contributed by atoms with Gasteiger partial charge in [0.05, 0.1) is 10.8 Å². The van der Waals surface area contributed by atoms with Crippen LogP contribution in [0, 0.1) is 0 Å². The molecule has 2 N–H and O–H groups in total. The lowest BCUT2D eigenvalue weighted by molar-refractivity contribution is -0.134. The first-order valence-electron chi connectivity index (χ1n) is 10.1. The fourth-order valence-corrected chi connectivity index (χ4v) is 5.45. The molecule has 32 heavy (non-hydrogen) atoms. The molecule has 2 unspecified atom stereocenters. The van der Waals surface area contributed by atoms with Crippen LogP contribution in [-0.4, -0.2) is 69.4 Å². The molecule has 2 atom stereocenters. The van der Waals surface area contributed by atoms with Crippen LogP contribution in [0.15, 0.2) is 64.4 Å². The van der Waals surface area contributed by atoms with Gasteiger partial charge in [0.1, 0.15) is 0 Å². The molecular weight excluding hydrogens is 452 g/mol. The fourth-order valence-electron chi connectivity index (χ4n) is 3.84. The second-order valence-electron chi connectivity index (χ2n) is 7.63. The zero-order valence-electron chi connectivity index (χ0n) is 17.6. The number of carbonyl (C=O) groups is 2. The molecular formula is C23H25ClN2O5S.